The van der Waals surface area contributed by atoms with E-state index in [1.807, 2.05) is 54.6 Å². The predicted octanol–water partition coefficient (Wildman–Crippen LogP) is 2.44. The summed E-state index contributed by atoms with van der Waals surface area (Å²) in [6.07, 6.45) is 0.688. The number of benzene rings is 2. The lowest BCUT2D eigenvalue weighted by atomic mass is 9.90. The first-order valence-corrected chi connectivity index (χ1v) is 5.94. The molecule has 2 aromatic carbocycles. The maximum Gasteiger partial charge on any atom is 0.260 e. The summed E-state index contributed by atoms with van der Waals surface area (Å²) in [5.74, 6) is 0.466. The minimum absolute atomic E-state index is 0.0856. The normalized spacial score (nSPS) is 17.6. The Bertz CT molecular complexity index is 566. The van der Waals surface area contributed by atoms with Gasteiger partial charge in [0.2, 0.25) is 0 Å². The van der Waals surface area contributed by atoms with E-state index in [0.29, 0.717) is 6.42 Å². The lowest BCUT2D eigenvalue weighted by Crippen LogP contribution is -2.37. The highest BCUT2D eigenvalue weighted by Crippen LogP contribution is 2.32. The highest BCUT2D eigenvalue weighted by molar-refractivity contribution is 5.85. The Morgan fingerprint density at radius 2 is 1.72 bits per heavy atom. The molecule has 18 heavy (non-hydrogen) atoms. The van der Waals surface area contributed by atoms with Gasteiger partial charge in [0.25, 0.3) is 5.91 Å². The molecule has 90 valence electrons. The molecule has 1 heterocycles. The molecule has 0 radical (unpaired) electrons. The third-order valence-electron chi connectivity index (χ3n) is 3.16. The van der Waals surface area contributed by atoms with Crippen molar-refractivity contribution < 1.29 is 9.63 Å². The van der Waals surface area contributed by atoms with E-state index in [1.54, 1.807) is 0 Å². The van der Waals surface area contributed by atoms with Crippen LogP contribution in [0.2, 0.25) is 0 Å². The fraction of sp³-hybridized carbons (Fsp3) is 0.133. The molecule has 1 atom stereocenters. The molecule has 1 aliphatic heterocycles. The van der Waals surface area contributed by atoms with Crippen LogP contribution in [0.5, 0.6) is 5.75 Å². The van der Waals surface area contributed by atoms with Gasteiger partial charge in [0.1, 0.15) is 0 Å². The number of para-hydroxylation sites is 1. The molecule has 0 aromatic heterocycles. The zero-order valence-corrected chi connectivity index (χ0v) is 9.80. The average Bonchev–Trinajstić information content (AvgIpc) is 2.43. The molecule has 0 saturated heterocycles. The van der Waals surface area contributed by atoms with Gasteiger partial charge >= 0.3 is 0 Å². The molecule has 0 bridgehead atoms. The molecule has 0 saturated carbocycles. The van der Waals surface area contributed by atoms with Crippen LogP contribution in [0.1, 0.15) is 17.0 Å². The maximum atomic E-state index is 11.9. The number of hydrogen-bond acceptors (Lipinski definition) is 2. The lowest BCUT2D eigenvalue weighted by molar-refractivity contribution is -0.130. The fourth-order valence-corrected chi connectivity index (χ4v) is 2.23. The molecule has 3 rings (SSSR count). The number of nitrogens with one attached hydrogen (secondary N) is 1. The van der Waals surface area contributed by atoms with Gasteiger partial charge in [-0.05, 0) is 18.1 Å². The van der Waals surface area contributed by atoms with Gasteiger partial charge in [-0.25, -0.2) is 0 Å². The van der Waals surface area contributed by atoms with Gasteiger partial charge in [-0.1, -0.05) is 48.5 Å². The highest BCUT2D eigenvalue weighted by Gasteiger charge is 2.28. The zero-order chi connectivity index (χ0) is 12.4. The first kappa shape index (κ1) is 10.8. The van der Waals surface area contributed by atoms with Gasteiger partial charge in [-0.3, -0.25) is 4.79 Å². The summed E-state index contributed by atoms with van der Waals surface area (Å²) in [5.41, 5.74) is 4.57. The summed E-state index contributed by atoms with van der Waals surface area (Å²) in [5, 5.41) is 0. The first-order chi connectivity index (χ1) is 8.84. The standard InChI is InChI=1S/C15H13NO2/c17-15-13(10-11-6-2-1-3-7-11)12-8-4-5-9-14(12)18-16-15/h1-9,13H,10H2,(H,16,17). The monoisotopic (exact) mass is 239 g/mol. The smallest absolute Gasteiger partial charge is 0.260 e. The van der Waals surface area contributed by atoms with Gasteiger partial charge in [0.15, 0.2) is 5.75 Å². The first-order valence-electron chi connectivity index (χ1n) is 5.94. The van der Waals surface area contributed by atoms with E-state index in [2.05, 4.69) is 5.48 Å². The van der Waals surface area contributed by atoms with E-state index in [-0.39, 0.29) is 11.8 Å². The van der Waals surface area contributed by atoms with E-state index < -0.39 is 0 Å². The van der Waals surface area contributed by atoms with Crippen molar-refractivity contribution in [3.05, 3.63) is 65.7 Å². The maximum absolute atomic E-state index is 11.9. The van der Waals surface area contributed by atoms with Crippen LogP contribution in [-0.2, 0) is 11.2 Å². The number of rotatable bonds is 2. The van der Waals surface area contributed by atoms with Gasteiger partial charge in [0.05, 0.1) is 5.92 Å². The predicted molar refractivity (Wildman–Crippen MR) is 68.1 cm³/mol. The van der Waals surface area contributed by atoms with Crippen LogP contribution >= 0.6 is 0 Å². The summed E-state index contributed by atoms with van der Waals surface area (Å²) in [4.78, 5) is 17.1. The van der Waals surface area contributed by atoms with E-state index in [9.17, 15) is 4.79 Å². The van der Waals surface area contributed by atoms with Gasteiger partial charge < -0.3 is 4.84 Å². The van der Waals surface area contributed by atoms with Crippen LogP contribution in [0.15, 0.2) is 54.6 Å². The Labute approximate surface area is 105 Å². The van der Waals surface area contributed by atoms with Crippen LogP contribution in [-0.4, -0.2) is 5.91 Å². The van der Waals surface area contributed by atoms with Gasteiger partial charge in [0, 0.05) is 5.56 Å². The van der Waals surface area contributed by atoms with Crippen LogP contribution in [0.4, 0.5) is 0 Å². The summed E-state index contributed by atoms with van der Waals surface area (Å²) in [7, 11) is 0. The second-order valence-electron chi connectivity index (χ2n) is 4.35. The van der Waals surface area contributed by atoms with E-state index in [0.717, 1.165) is 16.9 Å². The van der Waals surface area contributed by atoms with Gasteiger partial charge in [-0.15, -0.1) is 0 Å². The number of carbonyl (C=O) groups excluding carboxylic acids is 1. The van der Waals surface area contributed by atoms with Crippen molar-refractivity contribution in [3.63, 3.8) is 0 Å². The van der Waals surface area contributed by atoms with Crippen molar-refractivity contribution in [3.8, 4) is 5.75 Å². The van der Waals surface area contributed by atoms with Crippen molar-refractivity contribution in [2.45, 2.75) is 12.3 Å². The molecule has 0 fully saturated rings. The topological polar surface area (TPSA) is 38.3 Å². The van der Waals surface area contributed by atoms with Crippen LogP contribution < -0.4 is 10.3 Å². The number of hydrogen-bond donors (Lipinski definition) is 1. The lowest BCUT2D eigenvalue weighted by Gasteiger charge is -2.24. The molecule has 3 heteroatoms. The molecule has 1 unspecified atom stereocenters. The molecular weight excluding hydrogens is 226 g/mol. The molecule has 1 aliphatic rings. The molecular formula is C15H13NO2. The minimum atomic E-state index is -0.183. The second-order valence-corrected chi connectivity index (χ2v) is 4.35. The van der Waals surface area contributed by atoms with Crippen molar-refractivity contribution >= 4 is 5.91 Å². The Morgan fingerprint density at radius 1 is 1.00 bits per heavy atom. The highest BCUT2D eigenvalue weighted by atomic mass is 16.7. The Kier molecular flexibility index (Phi) is 2.73. The molecule has 3 nitrogen and oxygen atoms in total. The quantitative estimate of drug-likeness (QED) is 0.874. The summed E-state index contributed by atoms with van der Waals surface area (Å²) < 4.78 is 0. The van der Waals surface area contributed by atoms with Crippen molar-refractivity contribution in [2.24, 2.45) is 0 Å². The number of hydroxylamine groups is 1. The Hall–Kier alpha value is -2.29. The van der Waals surface area contributed by atoms with E-state index in [4.69, 9.17) is 4.84 Å². The molecule has 2 aromatic rings. The third-order valence-corrected chi connectivity index (χ3v) is 3.16. The molecule has 0 spiro atoms. The Balaban J connectivity index is 1.94. The minimum Gasteiger partial charge on any atom is -0.379 e. The number of amides is 1. The van der Waals surface area contributed by atoms with Crippen LogP contribution in [0.3, 0.4) is 0 Å². The largest absolute Gasteiger partial charge is 0.379 e. The number of fused-ring (bicyclic) bond motifs is 1. The van der Waals surface area contributed by atoms with Crippen LogP contribution in [0, 0.1) is 0 Å². The number of carbonyl (C=O) groups is 1. The third kappa shape index (κ3) is 1.95. The zero-order valence-electron chi connectivity index (χ0n) is 9.80. The van der Waals surface area contributed by atoms with E-state index >= 15 is 0 Å². The summed E-state index contributed by atoms with van der Waals surface area (Å²) in [6.45, 7) is 0. The molecule has 1 N–H and O–H groups in total. The summed E-state index contributed by atoms with van der Waals surface area (Å²) in [6, 6.07) is 17.7. The average molecular weight is 239 g/mol. The molecule has 0 aliphatic carbocycles. The second kappa shape index (κ2) is 4.53. The van der Waals surface area contributed by atoms with Gasteiger partial charge in [-0.2, -0.15) is 5.48 Å². The molecule has 1 amide bonds. The van der Waals surface area contributed by atoms with E-state index in [1.165, 1.54) is 0 Å². The van der Waals surface area contributed by atoms with Crippen molar-refractivity contribution in [1.29, 1.82) is 0 Å². The fourth-order valence-electron chi connectivity index (χ4n) is 2.23. The summed E-state index contributed by atoms with van der Waals surface area (Å²) >= 11 is 0. The van der Waals surface area contributed by atoms with Crippen LogP contribution in [0.25, 0.3) is 0 Å². The SMILES string of the molecule is O=C1NOc2ccccc2C1Cc1ccccc1. The van der Waals surface area contributed by atoms with Crippen molar-refractivity contribution in [2.75, 3.05) is 0 Å². The van der Waals surface area contributed by atoms with Crippen molar-refractivity contribution in [1.82, 2.24) is 5.48 Å². The Morgan fingerprint density at radius 3 is 2.56 bits per heavy atom.